The number of benzene rings is 2. The molecule has 2 rings (SSSR count). The fraction of sp³-hybridized carbons (Fsp3) is 0.316. The summed E-state index contributed by atoms with van der Waals surface area (Å²) in [5, 5.41) is 2.58. The average Bonchev–Trinajstić information content (AvgIpc) is 2.67. The van der Waals surface area contributed by atoms with Crippen LogP contribution >= 0.6 is 0 Å². The molecule has 0 saturated carbocycles. The van der Waals surface area contributed by atoms with Crippen molar-refractivity contribution in [2.24, 2.45) is 0 Å². The highest BCUT2D eigenvalue weighted by molar-refractivity contribution is 7.89. The Hall–Kier alpha value is -2.63. The number of halogens is 3. The molecular weight excluding hydrogens is 425 g/mol. The molecule has 0 unspecified atom stereocenters. The number of hydrogen-bond donors (Lipinski definition) is 1. The van der Waals surface area contributed by atoms with Crippen LogP contribution in [0.3, 0.4) is 0 Å². The Morgan fingerprint density at radius 1 is 1.10 bits per heavy atom. The van der Waals surface area contributed by atoms with Crippen LogP contribution in [0, 0.1) is 0 Å². The topological polar surface area (TPSA) is 84.9 Å². The molecule has 0 bridgehead atoms. The third-order valence-electron chi connectivity index (χ3n) is 3.95. The number of hydrogen-bond acceptors (Lipinski definition) is 5. The number of amides is 1. The lowest BCUT2D eigenvalue weighted by Gasteiger charge is -2.15. The number of alkyl halides is 3. The molecule has 1 amide bonds. The summed E-state index contributed by atoms with van der Waals surface area (Å²) in [7, 11) is 0.432. The van der Waals surface area contributed by atoms with E-state index in [4.69, 9.17) is 4.74 Å². The highest BCUT2D eigenvalue weighted by Gasteiger charge is 2.27. The van der Waals surface area contributed by atoms with Gasteiger partial charge in [0.05, 0.1) is 24.3 Å². The number of nitrogens with zero attached hydrogens (tertiary/aromatic N) is 1. The number of methoxy groups -OCH3 is 1. The first-order chi connectivity index (χ1) is 13.9. The first kappa shape index (κ1) is 23.6. The smallest absolute Gasteiger partial charge is 0.411 e. The molecule has 11 heteroatoms. The number of ether oxygens (including phenoxy) is 2. The van der Waals surface area contributed by atoms with Gasteiger partial charge in [0.1, 0.15) is 12.4 Å². The van der Waals surface area contributed by atoms with Crippen LogP contribution in [0.2, 0.25) is 0 Å². The lowest BCUT2D eigenvalue weighted by atomic mass is 10.1. The largest absolute Gasteiger partial charge is 0.495 e. The Morgan fingerprint density at radius 2 is 1.73 bits per heavy atom. The molecule has 164 valence electrons. The summed E-state index contributed by atoms with van der Waals surface area (Å²) < 4.78 is 71.8. The first-order valence-corrected chi connectivity index (χ1v) is 10.0. The van der Waals surface area contributed by atoms with E-state index in [1.807, 2.05) is 0 Å². The van der Waals surface area contributed by atoms with Gasteiger partial charge in [0, 0.05) is 19.7 Å². The molecule has 1 N–H and O–H groups in total. The zero-order valence-electron chi connectivity index (χ0n) is 16.5. The zero-order chi connectivity index (χ0) is 22.5. The van der Waals surface area contributed by atoms with Gasteiger partial charge in [0.15, 0.2) is 0 Å². The summed E-state index contributed by atoms with van der Waals surface area (Å²) in [5.74, 6) is -0.284. The molecule has 2 aromatic carbocycles. The molecule has 0 aliphatic carbocycles. The minimum absolute atomic E-state index is 0.0271. The Balaban J connectivity index is 2.15. The third-order valence-corrected chi connectivity index (χ3v) is 5.76. The molecule has 0 heterocycles. The van der Waals surface area contributed by atoms with Gasteiger partial charge in [-0.2, -0.15) is 13.2 Å². The van der Waals surface area contributed by atoms with Crippen molar-refractivity contribution in [2.75, 3.05) is 33.1 Å². The summed E-state index contributed by atoms with van der Waals surface area (Å²) in [6.07, 6.45) is -4.41. The molecule has 7 nitrogen and oxygen atoms in total. The summed E-state index contributed by atoms with van der Waals surface area (Å²) in [6.45, 7) is -1.61. The van der Waals surface area contributed by atoms with Gasteiger partial charge in [-0.05, 0) is 35.9 Å². The predicted octanol–water partition coefficient (Wildman–Crippen LogP) is 3.28. The second kappa shape index (κ2) is 9.45. The van der Waals surface area contributed by atoms with Gasteiger partial charge in [0.25, 0.3) is 5.91 Å². The third kappa shape index (κ3) is 6.18. The fourth-order valence-electron chi connectivity index (χ4n) is 2.39. The van der Waals surface area contributed by atoms with Crippen molar-refractivity contribution in [1.82, 2.24) is 4.31 Å². The lowest BCUT2D eigenvalue weighted by Crippen LogP contribution is -2.22. The Bertz CT molecular complexity index is 990. The van der Waals surface area contributed by atoms with Gasteiger partial charge >= 0.3 is 6.18 Å². The van der Waals surface area contributed by atoms with Crippen molar-refractivity contribution in [3.8, 4) is 5.75 Å². The molecular formula is C19H21F3N2O5S. The summed E-state index contributed by atoms with van der Waals surface area (Å²) in [5.41, 5.74) is 0.841. The maximum absolute atomic E-state index is 12.5. The number of carbonyl (C=O) groups excluding carboxylic acids is 1. The standard InChI is InChI=1S/C19H21F3N2O5S/c1-24(2)30(26,27)15-8-9-17(28-3)16(10-15)23-18(25)14-6-4-13(5-7-14)11-29-12-19(20,21)22/h4-10H,11-12H2,1-3H3,(H,23,25). The molecule has 0 radical (unpaired) electrons. The van der Waals surface area contributed by atoms with Crippen LogP contribution in [0.1, 0.15) is 15.9 Å². The number of nitrogens with one attached hydrogen (secondary N) is 1. The van der Waals surface area contributed by atoms with Crippen molar-refractivity contribution in [2.45, 2.75) is 17.7 Å². The fourth-order valence-corrected chi connectivity index (χ4v) is 3.32. The first-order valence-electron chi connectivity index (χ1n) is 8.59. The molecule has 0 spiro atoms. The predicted molar refractivity (Wildman–Crippen MR) is 104 cm³/mol. The molecule has 0 aliphatic rings. The van der Waals surface area contributed by atoms with E-state index in [0.717, 1.165) is 4.31 Å². The SMILES string of the molecule is COc1ccc(S(=O)(=O)N(C)C)cc1NC(=O)c1ccc(COCC(F)(F)F)cc1. The monoisotopic (exact) mass is 446 g/mol. The van der Waals surface area contributed by atoms with Crippen LogP contribution in [0.5, 0.6) is 5.75 Å². The van der Waals surface area contributed by atoms with Gasteiger partial charge < -0.3 is 14.8 Å². The van der Waals surface area contributed by atoms with E-state index in [2.05, 4.69) is 10.1 Å². The zero-order valence-corrected chi connectivity index (χ0v) is 17.3. The normalized spacial score (nSPS) is 12.1. The minimum Gasteiger partial charge on any atom is -0.495 e. The summed E-state index contributed by atoms with van der Waals surface area (Å²) in [4.78, 5) is 12.5. The Kier molecular flexibility index (Phi) is 7.45. The number of rotatable bonds is 8. The van der Waals surface area contributed by atoms with E-state index in [-0.39, 0.29) is 28.5 Å². The van der Waals surface area contributed by atoms with Crippen LogP contribution in [-0.4, -0.2) is 52.6 Å². The molecule has 0 aromatic heterocycles. The van der Waals surface area contributed by atoms with Crippen molar-refractivity contribution in [3.63, 3.8) is 0 Å². The van der Waals surface area contributed by atoms with E-state index >= 15 is 0 Å². The van der Waals surface area contributed by atoms with Gasteiger partial charge in [0.2, 0.25) is 10.0 Å². The molecule has 0 fully saturated rings. The highest BCUT2D eigenvalue weighted by atomic mass is 32.2. The van der Waals surface area contributed by atoms with E-state index in [1.54, 1.807) is 0 Å². The quantitative estimate of drug-likeness (QED) is 0.673. The van der Waals surface area contributed by atoms with Crippen molar-refractivity contribution >= 4 is 21.6 Å². The Morgan fingerprint density at radius 3 is 2.27 bits per heavy atom. The summed E-state index contributed by atoms with van der Waals surface area (Å²) in [6, 6.07) is 9.85. The van der Waals surface area contributed by atoms with Crippen LogP contribution in [-0.2, 0) is 21.4 Å². The molecule has 0 atom stereocenters. The van der Waals surface area contributed by atoms with Gasteiger partial charge in [-0.3, -0.25) is 4.79 Å². The van der Waals surface area contributed by atoms with Crippen molar-refractivity contribution in [3.05, 3.63) is 53.6 Å². The molecule has 2 aromatic rings. The molecule has 0 aliphatic heterocycles. The van der Waals surface area contributed by atoms with Crippen molar-refractivity contribution < 1.29 is 35.9 Å². The second-order valence-corrected chi connectivity index (χ2v) is 8.56. The van der Waals surface area contributed by atoms with Crippen LogP contribution in [0.25, 0.3) is 0 Å². The Labute approximate surface area is 172 Å². The number of carbonyl (C=O) groups is 1. The van der Waals surface area contributed by atoms with E-state index in [0.29, 0.717) is 5.56 Å². The van der Waals surface area contributed by atoms with E-state index in [1.165, 1.54) is 63.7 Å². The molecule has 0 saturated heterocycles. The second-order valence-electron chi connectivity index (χ2n) is 6.41. The van der Waals surface area contributed by atoms with Crippen molar-refractivity contribution in [1.29, 1.82) is 0 Å². The number of sulfonamides is 1. The maximum Gasteiger partial charge on any atom is 0.411 e. The van der Waals surface area contributed by atoms with Gasteiger partial charge in [-0.15, -0.1) is 0 Å². The summed E-state index contributed by atoms with van der Waals surface area (Å²) >= 11 is 0. The minimum atomic E-state index is -4.41. The van der Waals surface area contributed by atoms with Crippen LogP contribution < -0.4 is 10.1 Å². The van der Waals surface area contributed by atoms with E-state index in [9.17, 15) is 26.4 Å². The van der Waals surface area contributed by atoms with Gasteiger partial charge in [-0.1, -0.05) is 12.1 Å². The van der Waals surface area contributed by atoms with Crippen LogP contribution in [0.4, 0.5) is 18.9 Å². The van der Waals surface area contributed by atoms with Gasteiger partial charge in [-0.25, -0.2) is 12.7 Å². The lowest BCUT2D eigenvalue weighted by molar-refractivity contribution is -0.176. The highest BCUT2D eigenvalue weighted by Crippen LogP contribution is 2.29. The van der Waals surface area contributed by atoms with Crippen LogP contribution in [0.15, 0.2) is 47.4 Å². The number of anilines is 1. The maximum atomic E-state index is 12.5. The molecule has 30 heavy (non-hydrogen) atoms. The van der Waals surface area contributed by atoms with E-state index < -0.39 is 28.7 Å². The average molecular weight is 446 g/mol.